The van der Waals surface area contributed by atoms with Crippen LogP contribution in [0.5, 0.6) is 0 Å². The number of nitrogens with two attached hydrogens (primary N) is 1. The molecule has 3 aromatic heterocycles. The second-order valence-electron chi connectivity index (χ2n) is 6.91. The van der Waals surface area contributed by atoms with E-state index >= 15 is 0 Å². The van der Waals surface area contributed by atoms with E-state index in [1.54, 1.807) is 16.8 Å². The van der Waals surface area contributed by atoms with Gasteiger partial charge in [0, 0.05) is 0 Å². The smallest absolute Gasteiger partial charge is 0.297 e. The van der Waals surface area contributed by atoms with Crippen molar-refractivity contribution >= 4 is 23.7 Å². The van der Waals surface area contributed by atoms with E-state index in [-0.39, 0.29) is 24.1 Å². The molecule has 0 unspecified atom stereocenters. The van der Waals surface area contributed by atoms with Crippen LogP contribution < -0.4 is 5.73 Å². The molecule has 1 aromatic carbocycles. The Morgan fingerprint density at radius 1 is 1.10 bits per heavy atom. The maximum Gasteiger partial charge on any atom is 0.297 e. The SMILES string of the molecule is Cl.NC1(c2noc(-c3nc(-c4cccs4)n(-c4ccc(F)cc4)n3)n2)CCCC1. The number of thiophene rings is 1. The van der Waals surface area contributed by atoms with Gasteiger partial charge >= 0.3 is 0 Å². The van der Waals surface area contributed by atoms with Gasteiger partial charge in [0.25, 0.3) is 5.89 Å². The first kappa shape index (κ1) is 19.7. The average molecular weight is 433 g/mol. The van der Waals surface area contributed by atoms with Crippen LogP contribution in [0.25, 0.3) is 28.1 Å². The highest BCUT2D eigenvalue weighted by atomic mass is 35.5. The van der Waals surface area contributed by atoms with E-state index < -0.39 is 5.54 Å². The van der Waals surface area contributed by atoms with Crippen molar-refractivity contribution in [3.8, 4) is 28.1 Å². The number of benzene rings is 1. The first-order chi connectivity index (χ1) is 13.6. The van der Waals surface area contributed by atoms with Crippen molar-refractivity contribution < 1.29 is 8.91 Å². The molecule has 7 nitrogen and oxygen atoms in total. The highest BCUT2D eigenvalue weighted by Gasteiger charge is 2.36. The average Bonchev–Trinajstić information content (AvgIpc) is 3.47. The Kier molecular flexibility index (Phi) is 5.20. The Balaban J connectivity index is 0.00000205. The summed E-state index contributed by atoms with van der Waals surface area (Å²) in [5.74, 6) is 1.35. The third kappa shape index (κ3) is 3.57. The van der Waals surface area contributed by atoms with Crippen molar-refractivity contribution in [2.24, 2.45) is 5.73 Å². The quantitative estimate of drug-likeness (QED) is 0.515. The molecule has 10 heteroatoms. The lowest BCUT2D eigenvalue weighted by molar-refractivity contribution is 0.372. The Morgan fingerprint density at radius 2 is 1.86 bits per heavy atom. The lowest BCUT2D eigenvalue weighted by Gasteiger charge is -2.17. The van der Waals surface area contributed by atoms with Crippen LogP contribution in [0.2, 0.25) is 0 Å². The van der Waals surface area contributed by atoms with Crippen LogP contribution in [0.3, 0.4) is 0 Å². The van der Waals surface area contributed by atoms with Crippen LogP contribution in [-0.2, 0) is 5.54 Å². The number of aromatic nitrogens is 5. The fourth-order valence-corrected chi connectivity index (χ4v) is 4.17. The van der Waals surface area contributed by atoms with Gasteiger partial charge in [-0.2, -0.15) is 4.98 Å². The van der Waals surface area contributed by atoms with E-state index in [4.69, 9.17) is 10.3 Å². The van der Waals surface area contributed by atoms with Gasteiger partial charge < -0.3 is 10.3 Å². The molecular weight excluding hydrogens is 415 g/mol. The minimum Gasteiger partial charge on any atom is -0.330 e. The third-order valence-corrected chi connectivity index (χ3v) is 5.84. The Morgan fingerprint density at radius 3 is 2.55 bits per heavy atom. The minimum atomic E-state index is -0.544. The zero-order valence-corrected chi connectivity index (χ0v) is 16.9. The van der Waals surface area contributed by atoms with Crippen LogP contribution >= 0.6 is 23.7 Å². The van der Waals surface area contributed by atoms with E-state index in [0.717, 1.165) is 30.6 Å². The molecule has 1 aliphatic rings. The molecule has 2 N–H and O–H groups in total. The molecule has 3 heterocycles. The fourth-order valence-electron chi connectivity index (χ4n) is 3.48. The number of hydrogen-bond acceptors (Lipinski definition) is 7. The molecule has 1 aliphatic carbocycles. The molecule has 0 radical (unpaired) electrons. The zero-order valence-electron chi connectivity index (χ0n) is 15.3. The Hall–Kier alpha value is -2.62. The van der Waals surface area contributed by atoms with Crippen LogP contribution in [0.1, 0.15) is 31.5 Å². The lowest BCUT2D eigenvalue weighted by Crippen LogP contribution is -2.34. The summed E-state index contributed by atoms with van der Waals surface area (Å²) in [5, 5.41) is 10.6. The predicted octanol–water partition coefficient (Wildman–Crippen LogP) is 4.33. The van der Waals surface area contributed by atoms with Gasteiger partial charge in [0.2, 0.25) is 5.82 Å². The summed E-state index contributed by atoms with van der Waals surface area (Å²) in [5.41, 5.74) is 6.57. The van der Waals surface area contributed by atoms with Gasteiger partial charge in [-0.3, -0.25) is 0 Å². The van der Waals surface area contributed by atoms with Gasteiger partial charge in [-0.15, -0.1) is 28.8 Å². The largest absolute Gasteiger partial charge is 0.330 e. The van der Waals surface area contributed by atoms with Crippen molar-refractivity contribution in [1.82, 2.24) is 24.9 Å². The van der Waals surface area contributed by atoms with E-state index in [1.807, 2.05) is 17.5 Å². The first-order valence-electron chi connectivity index (χ1n) is 9.03. The molecule has 29 heavy (non-hydrogen) atoms. The topological polar surface area (TPSA) is 95.7 Å². The molecule has 1 saturated carbocycles. The summed E-state index contributed by atoms with van der Waals surface area (Å²) in [7, 11) is 0. The second-order valence-corrected chi connectivity index (χ2v) is 7.86. The summed E-state index contributed by atoms with van der Waals surface area (Å²) >= 11 is 1.54. The molecule has 0 aliphatic heterocycles. The van der Waals surface area contributed by atoms with Crippen LogP contribution in [-0.4, -0.2) is 24.9 Å². The van der Waals surface area contributed by atoms with Crippen molar-refractivity contribution in [2.75, 3.05) is 0 Å². The summed E-state index contributed by atoms with van der Waals surface area (Å²) in [4.78, 5) is 10.0. The molecule has 4 aromatic rings. The molecule has 5 rings (SSSR count). The standard InChI is InChI=1S/C19H17FN6OS.ClH/c20-12-5-7-13(8-6-12)26-16(14-4-3-11-28-14)22-15(24-26)17-23-18(25-27-17)19(21)9-1-2-10-19;/h3-8,11H,1-2,9-10,21H2;1H. The molecule has 0 amide bonds. The van der Waals surface area contributed by atoms with Gasteiger partial charge in [-0.25, -0.2) is 14.1 Å². The van der Waals surface area contributed by atoms with E-state index in [2.05, 4.69) is 20.2 Å². The molecule has 1 fully saturated rings. The molecule has 150 valence electrons. The molecule has 0 bridgehead atoms. The maximum absolute atomic E-state index is 13.3. The van der Waals surface area contributed by atoms with Crippen molar-refractivity contribution in [3.63, 3.8) is 0 Å². The van der Waals surface area contributed by atoms with Crippen molar-refractivity contribution in [2.45, 2.75) is 31.2 Å². The molecule has 0 spiro atoms. The molecule has 0 saturated heterocycles. The first-order valence-corrected chi connectivity index (χ1v) is 9.91. The van der Waals surface area contributed by atoms with E-state index in [9.17, 15) is 4.39 Å². The number of rotatable bonds is 4. The third-order valence-electron chi connectivity index (χ3n) is 4.98. The van der Waals surface area contributed by atoms with E-state index in [1.165, 1.54) is 23.5 Å². The van der Waals surface area contributed by atoms with Crippen molar-refractivity contribution in [3.05, 3.63) is 53.4 Å². The number of hydrogen-bond donors (Lipinski definition) is 1. The number of nitrogens with zero attached hydrogens (tertiary/aromatic N) is 5. The second kappa shape index (κ2) is 7.66. The minimum absolute atomic E-state index is 0. The van der Waals surface area contributed by atoms with Crippen LogP contribution in [0, 0.1) is 5.82 Å². The highest BCUT2D eigenvalue weighted by molar-refractivity contribution is 7.13. The predicted molar refractivity (Wildman–Crippen MR) is 110 cm³/mol. The Labute approximate surface area is 176 Å². The summed E-state index contributed by atoms with van der Waals surface area (Å²) < 4.78 is 20.4. The maximum atomic E-state index is 13.3. The molecule has 0 atom stereocenters. The van der Waals surface area contributed by atoms with Crippen molar-refractivity contribution in [1.29, 1.82) is 0 Å². The normalized spacial score (nSPS) is 15.4. The van der Waals surface area contributed by atoms with E-state index in [0.29, 0.717) is 23.2 Å². The van der Waals surface area contributed by atoms with Crippen LogP contribution in [0.4, 0.5) is 4.39 Å². The Bertz CT molecular complexity index is 1100. The summed E-state index contributed by atoms with van der Waals surface area (Å²) in [6.07, 6.45) is 3.79. The monoisotopic (exact) mass is 432 g/mol. The summed E-state index contributed by atoms with van der Waals surface area (Å²) in [6.45, 7) is 0. The van der Waals surface area contributed by atoms with Gasteiger partial charge in [0.15, 0.2) is 11.6 Å². The fraction of sp³-hybridized carbons (Fsp3) is 0.263. The van der Waals surface area contributed by atoms with Gasteiger partial charge in [-0.1, -0.05) is 24.1 Å². The van der Waals surface area contributed by atoms with Gasteiger partial charge in [0.1, 0.15) is 5.82 Å². The van der Waals surface area contributed by atoms with Crippen LogP contribution in [0.15, 0.2) is 46.3 Å². The number of halogens is 2. The van der Waals surface area contributed by atoms with Gasteiger partial charge in [0.05, 0.1) is 16.1 Å². The van der Waals surface area contributed by atoms with Gasteiger partial charge in [-0.05, 0) is 48.6 Å². The zero-order chi connectivity index (χ0) is 19.1. The summed E-state index contributed by atoms with van der Waals surface area (Å²) in [6, 6.07) is 9.96. The molecular formula is C19H18ClFN6OS. The lowest BCUT2D eigenvalue weighted by atomic mass is 9.99. The highest BCUT2D eigenvalue weighted by Crippen LogP contribution is 2.35.